The molecule has 1 fully saturated rings. The Hall–Kier alpha value is -2.94. The standard InChI is InChI=1S/C22H30FN5O3/c1-15(26-16(2)29)17-5-7-18(8-6-17)31-19-9-10-28(13-19)22-20(23)21(24-14-25-22)27(3)11-12-30-4/h5-8,14-15,19H,9-13H2,1-4H3,(H,26,29)/t15-,19+/m0/s1. The highest BCUT2D eigenvalue weighted by Gasteiger charge is 2.28. The number of hydrogen-bond acceptors (Lipinski definition) is 7. The van der Waals surface area contributed by atoms with Gasteiger partial charge in [0, 0.05) is 40.6 Å². The lowest BCUT2D eigenvalue weighted by Crippen LogP contribution is -2.28. The third-order valence-corrected chi connectivity index (χ3v) is 5.29. The normalized spacial score (nSPS) is 16.8. The molecular weight excluding hydrogens is 401 g/mol. The largest absolute Gasteiger partial charge is 0.489 e. The Labute approximate surface area is 182 Å². The third-order valence-electron chi connectivity index (χ3n) is 5.29. The van der Waals surface area contributed by atoms with Crippen LogP contribution in [0.25, 0.3) is 0 Å². The van der Waals surface area contributed by atoms with Crippen LogP contribution < -0.4 is 19.9 Å². The molecule has 1 saturated heterocycles. The number of aromatic nitrogens is 2. The average molecular weight is 432 g/mol. The molecule has 9 heteroatoms. The molecule has 1 aromatic heterocycles. The van der Waals surface area contributed by atoms with Crippen LogP contribution in [0.15, 0.2) is 30.6 Å². The van der Waals surface area contributed by atoms with Crippen molar-refractivity contribution in [3.8, 4) is 5.75 Å². The van der Waals surface area contributed by atoms with Gasteiger partial charge in [0.2, 0.25) is 11.7 Å². The number of halogens is 1. The van der Waals surface area contributed by atoms with Gasteiger partial charge in [-0.2, -0.15) is 4.39 Å². The molecular formula is C22H30FN5O3. The molecule has 1 N–H and O–H groups in total. The Kier molecular flexibility index (Phi) is 7.62. The summed E-state index contributed by atoms with van der Waals surface area (Å²) in [7, 11) is 3.39. The molecule has 2 atom stereocenters. The maximum Gasteiger partial charge on any atom is 0.217 e. The zero-order valence-corrected chi connectivity index (χ0v) is 18.5. The van der Waals surface area contributed by atoms with Gasteiger partial charge < -0.3 is 24.6 Å². The first-order valence-corrected chi connectivity index (χ1v) is 10.4. The maximum absolute atomic E-state index is 15.0. The van der Waals surface area contributed by atoms with Crippen molar-refractivity contribution in [3.63, 3.8) is 0 Å². The number of nitrogens with one attached hydrogen (secondary N) is 1. The molecule has 168 valence electrons. The van der Waals surface area contributed by atoms with Gasteiger partial charge >= 0.3 is 0 Å². The van der Waals surface area contributed by atoms with Gasteiger partial charge in [-0.25, -0.2) is 9.97 Å². The highest BCUT2D eigenvalue weighted by atomic mass is 19.1. The van der Waals surface area contributed by atoms with E-state index < -0.39 is 5.82 Å². The van der Waals surface area contributed by atoms with Gasteiger partial charge in [-0.05, 0) is 24.6 Å². The highest BCUT2D eigenvalue weighted by Crippen LogP contribution is 2.28. The number of methoxy groups -OCH3 is 1. The second-order valence-corrected chi connectivity index (χ2v) is 7.72. The van der Waals surface area contributed by atoms with Crippen LogP contribution in [0, 0.1) is 5.82 Å². The minimum absolute atomic E-state index is 0.0644. The van der Waals surface area contributed by atoms with E-state index in [2.05, 4.69) is 15.3 Å². The van der Waals surface area contributed by atoms with Crippen molar-refractivity contribution in [2.75, 3.05) is 50.2 Å². The molecule has 0 saturated carbocycles. The third kappa shape index (κ3) is 5.81. The number of amides is 1. The lowest BCUT2D eigenvalue weighted by molar-refractivity contribution is -0.119. The fourth-order valence-corrected chi connectivity index (χ4v) is 3.60. The summed E-state index contributed by atoms with van der Waals surface area (Å²) in [6.07, 6.45) is 2.09. The monoisotopic (exact) mass is 431 g/mol. The van der Waals surface area contributed by atoms with E-state index in [0.29, 0.717) is 32.1 Å². The topological polar surface area (TPSA) is 79.8 Å². The smallest absolute Gasteiger partial charge is 0.217 e. The molecule has 8 nitrogen and oxygen atoms in total. The number of likely N-dealkylation sites (N-methyl/N-ethyl adjacent to an activating group) is 1. The second-order valence-electron chi connectivity index (χ2n) is 7.72. The van der Waals surface area contributed by atoms with Gasteiger partial charge in [-0.3, -0.25) is 4.79 Å². The molecule has 1 aliphatic rings. The first-order chi connectivity index (χ1) is 14.9. The van der Waals surface area contributed by atoms with Crippen LogP contribution in [-0.4, -0.2) is 62.4 Å². The summed E-state index contributed by atoms with van der Waals surface area (Å²) in [5.74, 6) is 0.797. The van der Waals surface area contributed by atoms with Crippen molar-refractivity contribution in [2.24, 2.45) is 0 Å². The van der Waals surface area contributed by atoms with Crippen LogP contribution >= 0.6 is 0 Å². The summed E-state index contributed by atoms with van der Waals surface area (Å²) < 4.78 is 26.2. The lowest BCUT2D eigenvalue weighted by Gasteiger charge is -2.22. The van der Waals surface area contributed by atoms with Gasteiger partial charge in [0.25, 0.3) is 0 Å². The summed E-state index contributed by atoms with van der Waals surface area (Å²) in [6.45, 7) is 5.64. The van der Waals surface area contributed by atoms with Gasteiger partial charge in [0.1, 0.15) is 18.2 Å². The molecule has 2 aromatic rings. The van der Waals surface area contributed by atoms with Gasteiger partial charge in [0.05, 0.1) is 19.2 Å². The van der Waals surface area contributed by atoms with E-state index in [1.807, 2.05) is 36.1 Å². The quantitative estimate of drug-likeness (QED) is 0.654. The summed E-state index contributed by atoms with van der Waals surface area (Å²) in [5.41, 5.74) is 1.00. The number of anilines is 2. The number of ether oxygens (including phenoxy) is 2. The van der Waals surface area contributed by atoms with Crippen molar-refractivity contribution in [3.05, 3.63) is 42.0 Å². The second kappa shape index (κ2) is 10.4. The van der Waals surface area contributed by atoms with Crippen LogP contribution in [0.5, 0.6) is 5.75 Å². The molecule has 0 aliphatic carbocycles. The Morgan fingerprint density at radius 2 is 2.10 bits per heavy atom. The molecule has 3 rings (SSSR count). The van der Waals surface area contributed by atoms with E-state index in [1.54, 1.807) is 19.1 Å². The Morgan fingerprint density at radius 3 is 2.77 bits per heavy atom. The predicted octanol–water partition coefficient (Wildman–Crippen LogP) is 2.55. The number of benzene rings is 1. The predicted molar refractivity (Wildman–Crippen MR) is 117 cm³/mol. The SMILES string of the molecule is COCCN(C)c1ncnc(N2CC[C@@H](Oc3ccc([C@H](C)NC(C)=O)cc3)C2)c1F. The summed E-state index contributed by atoms with van der Waals surface area (Å²) >= 11 is 0. The Bertz CT molecular complexity index is 880. The van der Waals surface area contributed by atoms with E-state index in [9.17, 15) is 4.79 Å². The van der Waals surface area contributed by atoms with Crippen molar-refractivity contribution < 1.29 is 18.7 Å². The Morgan fingerprint density at radius 1 is 1.35 bits per heavy atom. The fourth-order valence-electron chi connectivity index (χ4n) is 3.60. The van der Waals surface area contributed by atoms with E-state index in [0.717, 1.165) is 17.7 Å². The molecule has 1 aliphatic heterocycles. The van der Waals surface area contributed by atoms with Crippen LogP contribution in [0.1, 0.15) is 31.9 Å². The molecule has 2 heterocycles. The van der Waals surface area contributed by atoms with Crippen molar-refractivity contribution in [1.29, 1.82) is 0 Å². The Balaban J connectivity index is 1.61. The molecule has 1 aromatic carbocycles. The first-order valence-electron chi connectivity index (χ1n) is 10.4. The van der Waals surface area contributed by atoms with Gasteiger partial charge in [-0.1, -0.05) is 12.1 Å². The van der Waals surface area contributed by atoms with Crippen LogP contribution in [0.3, 0.4) is 0 Å². The minimum Gasteiger partial charge on any atom is -0.489 e. The zero-order valence-electron chi connectivity index (χ0n) is 18.5. The lowest BCUT2D eigenvalue weighted by atomic mass is 10.1. The fraction of sp³-hybridized carbons (Fsp3) is 0.500. The molecule has 0 unspecified atom stereocenters. The van der Waals surface area contributed by atoms with Crippen LogP contribution in [0.2, 0.25) is 0 Å². The number of rotatable bonds is 9. The highest BCUT2D eigenvalue weighted by molar-refractivity contribution is 5.73. The van der Waals surface area contributed by atoms with Gasteiger partial charge in [-0.15, -0.1) is 0 Å². The minimum atomic E-state index is -0.432. The molecule has 1 amide bonds. The average Bonchev–Trinajstić information content (AvgIpc) is 3.20. The number of carbonyl (C=O) groups is 1. The van der Waals surface area contributed by atoms with E-state index in [4.69, 9.17) is 9.47 Å². The van der Waals surface area contributed by atoms with Crippen molar-refractivity contribution >= 4 is 17.5 Å². The van der Waals surface area contributed by atoms with Crippen LogP contribution in [0.4, 0.5) is 16.0 Å². The van der Waals surface area contributed by atoms with E-state index in [-0.39, 0.29) is 23.9 Å². The van der Waals surface area contributed by atoms with Crippen LogP contribution in [-0.2, 0) is 9.53 Å². The molecule has 0 bridgehead atoms. The summed E-state index contributed by atoms with van der Waals surface area (Å²) in [5, 5.41) is 2.86. The summed E-state index contributed by atoms with van der Waals surface area (Å²) in [6, 6.07) is 7.60. The van der Waals surface area contributed by atoms with E-state index >= 15 is 4.39 Å². The number of carbonyl (C=O) groups excluding carboxylic acids is 1. The molecule has 0 radical (unpaired) electrons. The molecule has 31 heavy (non-hydrogen) atoms. The zero-order chi connectivity index (χ0) is 22.4. The van der Waals surface area contributed by atoms with Crippen molar-refractivity contribution in [2.45, 2.75) is 32.4 Å². The first kappa shape index (κ1) is 22.7. The number of hydrogen-bond donors (Lipinski definition) is 1. The van der Waals surface area contributed by atoms with Crippen molar-refractivity contribution in [1.82, 2.24) is 15.3 Å². The maximum atomic E-state index is 15.0. The van der Waals surface area contributed by atoms with E-state index in [1.165, 1.54) is 13.3 Å². The number of nitrogens with zero attached hydrogens (tertiary/aromatic N) is 4. The summed E-state index contributed by atoms with van der Waals surface area (Å²) in [4.78, 5) is 23.1. The molecule has 0 spiro atoms. The van der Waals surface area contributed by atoms with Gasteiger partial charge in [0.15, 0.2) is 11.6 Å².